The zero-order valence-corrected chi connectivity index (χ0v) is 15.0. The van der Waals surface area contributed by atoms with Gasteiger partial charge in [-0.3, -0.25) is 0 Å². The highest BCUT2D eigenvalue weighted by atomic mass is 79.9. The van der Waals surface area contributed by atoms with Crippen molar-refractivity contribution in [2.75, 3.05) is 0 Å². The van der Waals surface area contributed by atoms with Crippen LogP contribution < -0.4 is 0 Å². The highest BCUT2D eigenvalue weighted by Gasteiger charge is 2.13. The van der Waals surface area contributed by atoms with Crippen LogP contribution in [0.5, 0.6) is 0 Å². The lowest BCUT2D eigenvalue weighted by atomic mass is 10.1. The van der Waals surface area contributed by atoms with Gasteiger partial charge < -0.3 is 8.98 Å². The SMILES string of the molecule is S=c1[nH]nc(Cn2c(Cc3ccc(Br)cc3)nc3ccccc32)o1. The minimum Gasteiger partial charge on any atom is -0.412 e. The Hall–Kier alpha value is -2.25. The van der Waals surface area contributed by atoms with E-state index >= 15 is 0 Å². The first kappa shape index (κ1) is 15.3. The summed E-state index contributed by atoms with van der Waals surface area (Å²) in [5.74, 6) is 1.50. The van der Waals surface area contributed by atoms with Gasteiger partial charge in [0.05, 0.1) is 11.0 Å². The standard InChI is InChI=1S/C17H13BrN4OS/c18-12-7-5-11(6-8-12)9-15-19-13-3-1-2-4-14(13)22(15)10-16-20-21-17(24)23-16/h1-8H,9-10H2,(H,21,24). The molecule has 0 saturated carbocycles. The van der Waals surface area contributed by atoms with E-state index in [0.29, 0.717) is 12.4 Å². The number of nitrogens with one attached hydrogen (secondary N) is 1. The van der Waals surface area contributed by atoms with Crippen LogP contribution in [0.15, 0.2) is 57.4 Å². The number of hydrogen-bond donors (Lipinski definition) is 1. The lowest BCUT2D eigenvalue weighted by Gasteiger charge is -2.07. The number of fused-ring (bicyclic) bond motifs is 1. The molecule has 2 heterocycles. The van der Waals surface area contributed by atoms with E-state index in [1.165, 1.54) is 5.56 Å². The molecule has 2 aromatic heterocycles. The molecule has 4 aromatic rings. The van der Waals surface area contributed by atoms with Crippen LogP contribution in [0.25, 0.3) is 11.0 Å². The largest absolute Gasteiger partial charge is 0.412 e. The molecule has 7 heteroatoms. The Morgan fingerprint density at radius 3 is 2.67 bits per heavy atom. The van der Waals surface area contributed by atoms with Crippen LogP contribution in [0.2, 0.25) is 0 Å². The molecule has 0 amide bonds. The monoisotopic (exact) mass is 400 g/mol. The van der Waals surface area contributed by atoms with E-state index in [-0.39, 0.29) is 4.84 Å². The van der Waals surface area contributed by atoms with Crippen molar-refractivity contribution < 1.29 is 4.42 Å². The average molecular weight is 401 g/mol. The van der Waals surface area contributed by atoms with Crippen LogP contribution >= 0.6 is 28.1 Å². The Morgan fingerprint density at radius 1 is 1.12 bits per heavy atom. The van der Waals surface area contributed by atoms with Crippen LogP contribution in [-0.2, 0) is 13.0 Å². The number of halogens is 1. The van der Waals surface area contributed by atoms with E-state index < -0.39 is 0 Å². The summed E-state index contributed by atoms with van der Waals surface area (Å²) in [6, 6.07) is 16.3. The third kappa shape index (κ3) is 3.05. The first-order chi connectivity index (χ1) is 11.7. The van der Waals surface area contributed by atoms with Gasteiger partial charge in [0.15, 0.2) is 0 Å². The topological polar surface area (TPSA) is 59.6 Å². The van der Waals surface area contributed by atoms with E-state index in [9.17, 15) is 0 Å². The van der Waals surface area contributed by atoms with Gasteiger partial charge in [0.1, 0.15) is 12.4 Å². The Morgan fingerprint density at radius 2 is 1.92 bits per heavy atom. The summed E-state index contributed by atoms with van der Waals surface area (Å²) in [7, 11) is 0. The van der Waals surface area contributed by atoms with Crippen molar-refractivity contribution in [3.8, 4) is 0 Å². The molecule has 5 nitrogen and oxygen atoms in total. The number of nitrogens with zero attached hydrogens (tertiary/aromatic N) is 3. The predicted molar refractivity (Wildman–Crippen MR) is 97.5 cm³/mol. The fourth-order valence-electron chi connectivity index (χ4n) is 2.69. The fourth-order valence-corrected chi connectivity index (χ4v) is 3.09. The second-order valence-electron chi connectivity index (χ2n) is 5.41. The molecular weight excluding hydrogens is 388 g/mol. The van der Waals surface area contributed by atoms with Crippen molar-refractivity contribution in [1.29, 1.82) is 0 Å². The summed E-state index contributed by atoms with van der Waals surface area (Å²) in [6.07, 6.45) is 0.729. The van der Waals surface area contributed by atoms with Gasteiger partial charge in [0, 0.05) is 10.9 Å². The van der Waals surface area contributed by atoms with Crippen LogP contribution in [0.1, 0.15) is 17.3 Å². The number of imidazole rings is 1. The molecule has 120 valence electrons. The Labute approximate surface area is 151 Å². The summed E-state index contributed by atoms with van der Waals surface area (Å²) < 4.78 is 8.60. The number of aromatic amines is 1. The Balaban J connectivity index is 1.77. The van der Waals surface area contributed by atoms with Gasteiger partial charge in [-0.2, -0.15) is 0 Å². The minimum atomic E-state index is 0.281. The zero-order valence-electron chi connectivity index (χ0n) is 12.6. The molecule has 0 saturated heterocycles. The molecular formula is C17H13BrN4OS. The molecule has 2 aromatic carbocycles. The molecule has 0 aliphatic rings. The van der Waals surface area contributed by atoms with Crippen molar-refractivity contribution in [3.63, 3.8) is 0 Å². The lowest BCUT2D eigenvalue weighted by molar-refractivity contribution is 0.465. The van der Waals surface area contributed by atoms with Crippen LogP contribution in [0.3, 0.4) is 0 Å². The van der Waals surface area contributed by atoms with Gasteiger partial charge >= 0.3 is 0 Å². The van der Waals surface area contributed by atoms with Gasteiger partial charge in [-0.25, -0.2) is 10.1 Å². The van der Waals surface area contributed by atoms with Gasteiger partial charge in [-0.15, -0.1) is 5.10 Å². The average Bonchev–Trinajstić information content (AvgIpc) is 3.14. The number of rotatable bonds is 4. The van der Waals surface area contributed by atoms with E-state index in [4.69, 9.17) is 21.6 Å². The maximum atomic E-state index is 5.42. The summed E-state index contributed by atoms with van der Waals surface area (Å²) in [5.41, 5.74) is 3.20. The summed E-state index contributed by atoms with van der Waals surface area (Å²) in [6.45, 7) is 0.486. The van der Waals surface area contributed by atoms with Crippen molar-refractivity contribution in [1.82, 2.24) is 19.7 Å². The molecule has 0 unspecified atom stereocenters. The van der Waals surface area contributed by atoms with Crippen molar-refractivity contribution in [2.24, 2.45) is 0 Å². The zero-order chi connectivity index (χ0) is 16.5. The maximum Gasteiger partial charge on any atom is 0.284 e. The van der Waals surface area contributed by atoms with E-state index in [0.717, 1.165) is 27.8 Å². The molecule has 0 spiro atoms. The highest BCUT2D eigenvalue weighted by molar-refractivity contribution is 9.10. The van der Waals surface area contributed by atoms with E-state index in [1.807, 2.05) is 30.3 Å². The number of H-pyrrole nitrogens is 1. The molecule has 0 aliphatic carbocycles. The normalized spacial score (nSPS) is 11.2. The first-order valence-electron chi connectivity index (χ1n) is 7.42. The fraction of sp³-hybridized carbons (Fsp3) is 0.118. The lowest BCUT2D eigenvalue weighted by Crippen LogP contribution is -2.06. The van der Waals surface area contributed by atoms with Crippen molar-refractivity contribution in [3.05, 3.63) is 75.1 Å². The predicted octanol–water partition coefficient (Wildman–Crippen LogP) is 4.48. The second-order valence-corrected chi connectivity index (χ2v) is 6.70. The summed E-state index contributed by atoms with van der Waals surface area (Å²) in [5, 5.41) is 6.77. The quantitative estimate of drug-likeness (QED) is 0.512. The summed E-state index contributed by atoms with van der Waals surface area (Å²) >= 11 is 8.43. The van der Waals surface area contributed by atoms with E-state index in [2.05, 4.69) is 48.9 Å². The number of hydrogen-bond acceptors (Lipinski definition) is 4. The Bertz CT molecular complexity index is 1050. The van der Waals surface area contributed by atoms with Crippen molar-refractivity contribution in [2.45, 2.75) is 13.0 Å². The van der Waals surface area contributed by atoms with Gasteiger partial charge in [0.25, 0.3) is 4.84 Å². The van der Waals surface area contributed by atoms with Crippen LogP contribution in [0, 0.1) is 4.84 Å². The molecule has 1 N–H and O–H groups in total. The molecule has 4 rings (SSSR count). The molecule has 0 fully saturated rings. The third-order valence-corrected chi connectivity index (χ3v) is 4.49. The number of benzene rings is 2. The first-order valence-corrected chi connectivity index (χ1v) is 8.62. The third-order valence-electron chi connectivity index (χ3n) is 3.78. The Kier molecular flexibility index (Phi) is 4.03. The summed E-state index contributed by atoms with van der Waals surface area (Å²) in [4.78, 5) is 5.06. The van der Waals surface area contributed by atoms with Gasteiger partial charge in [0.2, 0.25) is 5.89 Å². The maximum absolute atomic E-state index is 5.42. The van der Waals surface area contributed by atoms with Crippen LogP contribution in [0.4, 0.5) is 0 Å². The van der Waals surface area contributed by atoms with E-state index in [1.54, 1.807) is 0 Å². The number of para-hydroxylation sites is 2. The highest BCUT2D eigenvalue weighted by Crippen LogP contribution is 2.20. The number of aromatic nitrogens is 4. The second kappa shape index (κ2) is 6.33. The minimum absolute atomic E-state index is 0.281. The van der Waals surface area contributed by atoms with Gasteiger partial charge in [-0.05, 0) is 42.0 Å². The molecule has 0 radical (unpaired) electrons. The van der Waals surface area contributed by atoms with Crippen LogP contribution in [-0.4, -0.2) is 19.7 Å². The van der Waals surface area contributed by atoms with Crippen molar-refractivity contribution >= 4 is 39.2 Å². The molecule has 0 aliphatic heterocycles. The van der Waals surface area contributed by atoms with Gasteiger partial charge in [-0.1, -0.05) is 40.2 Å². The molecule has 0 bridgehead atoms. The molecule has 24 heavy (non-hydrogen) atoms. The smallest absolute Gasteiger partial charge is 0.284 e. The molecule has 0 atom stereocenters.